The van der Waals surface area contributed by atoms with Gasteiger partial charge in [0.1, 0.15) is 11.9 Å². The molecule has 1 aliphatic heterocycles. The lowest BCUT2D eigenvalue weighted by atomic mass is 9.95. The van der Waals surface area contributed by atoms with E-state index in [1.807, 2.05) is 19.9 Å². The molecule has 0 saturated carbocycles. The number of carbonyl (C=O) groups excluding carboxylic acids is 1. The van der Waals surface area contributed by atoms with Crippen LogP contribution < -0.4 is 10.2 Å². The van der Waals surface area contributed by atoms with Crippen molar-refractivity contribution in [1.82, 2.24) is 5.32 Å². The number of nitrogens with one attached hydrogen (secondary N) is 1. The van der Waals surface area contributed by atoms with Gasteiger partial charge in [0.2, 0.25) is 5.91 Å². The average Bonchev–Trinajstić information content (AvgIpc) is 2.33. The van der Waals surface area contributed by atoms with E-state index in [9.17, 15) is 9.18 Å². The Morgan fingerprint density at radius 2 is 2.32 bits per heavy atom. The Hall–Kier alpha value is -1.93. The number of halogens is 1. The lowest BCUT2D eigenvalue weighted by Crippen LogP contribution is -2.65. The van der Waals surface area contributed by atoms with Gasteiger partial charge in [-0.2, -0.15) is 5.26 Å². The first-order chi connectivity index (χ1) is 8.95. The number of rotatable bonds is 2. The molecule has 0 aromatic heterocycles. The lowest BCUT2D eigenvalue weighted by molar-refractivity contribution is -0.123. The summed E-state index contributed by atoms with van der Waals surface area (Å²) in [6.45, 7) is 4.37. The number of hydrogen-bond acceptors (Lipinski definition) is 3. The molecule has 4 nitrogen and oxygen atoms in total. The third kappa shape index (κ3) is 2.59. The van der Waals surface area contributed by atoms with Crippen molar-refractivity contribution in [3.05, 3.63) is 30.1 Å². The van der Waals surface area contributed by atoms with Crippen molar-refractivity contribution in [3.63, 3.8) is 0 Å². The van der Waals surface area contributed by atoms with Crippen LogP contribution >= 0.6 is 0 Å². The molecule has 100 valence electrons. The molecule has 1 atom stereocenters. The van der Waals surface area contributed by atoms with Crippen molar-refractivity contribution < 1.29 is 9.18 Å². The number of piperazine rings is 1. The summed E-state index contributed by atoms with van der Waals surface area (Å²) in [6.07, 6.45) is 0.112. The highest BCUT2D eigenvalue weighted by molar-refractivity contribution is 5.99. The van der Waals surface area contributed by atoms with Crippen molar-refractivity contribution in [1.29, 1.82) is 5.26 Å². The zero-order chi connectivity index (χ0) is 14.0. The summed E-state index contributed by atoms with van der Waals surface area (Å²) in [5.74, 6) is -0.570. The molecule has 0 bridgehead atoms. The minimum absolute atomic E-state index is 0.112. The van der Waals surface area contributed by atoms with E-state index >= 15 is 0 Å². The van der Waals surface area contributed by atoms with Gasteiger partial charge in [-0.1, -0.05) is 6.07 Å². The summed E-state index contributed by atoms with van der Waals surface area (Å²) in [7, 11) is 0. The normalized spacial score (nSPS) is 22.1. The summed E-state index contributed by atoms with van der Waals surface area (Å²) in [6, 6.07) is 7.44. The maximum absolute atomic E-state index is 13.3. The Labute approximate surface area is 111 Å². The molecule has 1 aromatic carbocycles. The monoisotopic (exact) mass is 261 g/mol. The molecule has 1 amide bonds. The minimum atomic E-state index is -0.527. The fourth-order valence-corrected chi connectivity index (χ4v) is 2.34. The number of amides is 1. The molecule has 2 rings (SSSR count). The number of nitriles is 1. The summed E-state index contributed by atoms with van der Waals surface area (Å²) < 4.78 is 13.3. The van der Waals surface area contributed by atoms with Crippen molar-refractivity contribution >= 4 is 11.6 Å². The highest BCUT2D eigenvalue weighted by Gasteiger charge is 2.40. The first-order valence-corrected chi connectivity index (χ1v) is 6.16. The van der Waals surface area contributed by atoms with Crippen LogP contribution in [-0.4, -0.2) is 24.0 Å². The third-order valence-corrected chi connectivity index (χ3v) is 3.27. The van der Waals surface area contributed by atoms with Crippen molar-refractivity contribution in [2.45, 2.75) is 31.8 Å². The first-order valence-electron chi connectivity index (χ1n) is 6.16. The fraction of sp³-hybridized carbons (Fsp3) is 0.429. The molecule has 19 heavy (non-hydrogen) atoms. The Morgan fingerprint density at radius 3 is 2.95 bits per heavy atom. The van der Waals surface area contributed by atoms with Crippen LogP contribution in [0.4, 0.5) is 10.1 Å². The van der Waals surface area contributed by atoms with Crippen LogP contribution in [0.5, 0.6) is 0 Å². The molecule has 0 aliphatic carbocycles. The van der Waals surface area contributed by atoms with Gasteiger partial charge in [0.05, 0.1) is 18.0 Å². The maximum Gasteiger partial charge on any atom is 0.245 e. The van der Waals surface area contributed by atoms with Crippen LogP contribution in [0.25, 0.3) is 0 Å². The average molecular weight is 261 g/mol. The van der Waals surface area contributed by atoms with Crippen molar-refractivity contribution in [2.75, 3.05) is 11.4 Å². The SMILES string of the molecule is CC1(C)CNC(CC#N)C(=O)N1c1cccc(F)c1. The number of nitrogens with zero attached hydrogens (tertiary/aromatic N) is 2. The van der Waals surface area contributed by atoms with E-state index in [0.717, 1.165) is 0 Å². The van der Waals surface area contributed by atoms with Gasteiger partial charge < -0.3 is 10.2 Å². The van der Waals surface area contributed by atoms with Crippen LogP contribution in [0, 0.1) is 17.1 Å². The van der Waals surface area contributed by atoms with E-state index in [0.29, 0.717) is 12.2 Å². The summed E-state index contributed by atoms with van der Waals surface area (Å²) in [5.41, 5.74) is 0.0658. The lowest BCUT2D eigenvalue weighted by Gasteiger charge is -2.45. The number of benzene rings is 1. The number of hydrogen-bond donors (Lipinski definition) is 1. The first kappa shape index (κ1) is 13.5. The van der Waals surface area contributed by atoms with Crippen molar-refractivity contribution in [2.24, 2.45) is 0 Å². The zero-order valence-electron chi connectivity index (χ0n) is 11.0. The molecule has 1 unspecified atom stereocenters. The van der Waals surface area contributed by atoms with Crippen LogP contribution in [-0.2, 0) is 4.79 Å². The van der Waals surface area contributed by atoms with E-state index < -0.39 is 11.6 Å². The minimum Gasteiger partial charge on any atom is -0.304 e. The molecule has 0 radical (unpaired) electrons. The third-order valence-electron chi connectivity index (χ3n) is 3.27. The number of carbonyl (C=O) groups is 1. The molecule has 1 saturated heterocycles. The Morgan fingerprint density at radius 1 is 1.58 bits per heavy atom. The summed E-state index contributed by atoms with van der Waals surface area (Å²) in [4.78, 5) is 14.0. The molecule has 1 aliphatic rings. The summed E-state index contributed by atoms with van der Waals surface area (Å²) >= 11 is 0. The quantitative estimate of drug-likeness (QED) is 0.883. The highest BCUT2D eigenvalue weighted by atomic mass is 19.1. The smallest absolute Gasteiger partial charge is 0.245 e. The van der Waals surface area contributed by atoms with Gasteiger partial charge in [-0.25, -0.2) is 4.39 Å². The van der Waals surface area contributed by atoms with E-state index in [-0.39, 0.29) is 18.1 Å². The standard InChI is InChI=1S/C14H16FN3O/c1-14(2)9-17-12(6-7-16)13(19)18(14)11-5-3-4-10(15)8-11/h3-5,8,12,17H,6,9H2,1-2H3. The predicted octanol–water partition coefficient (Wildman–Crippen LogP) is 1.82. The highest BCUT2D eigenvalue weighted by Crippen LogP contribution is 2.28. The van der Waals surface area contributed by atoms with Gasteiger partial charge in [0, 0.05) is 12.2 Å². The molecular weight excluding hydrogens is 245 g/mol. The summed E-state index contributed by atoms with van der Waals surface area (Å²) in [5, 5.41) is 11.8. The maximum atomic E-state index is 13.3. The Kier molecular flexibility index (Phi) is 3.54. The van der Waals surface area contributed by atoms with Crippen LogP contribution in [0.3, 0.4) is 0 Å². The molecule has 1 N–H and O–H groups in total. The fourth-order valence-electron chi connectivity index (χ4n) is 2.34. The van der Waals surface area contributed by atoms with Crippen LogP contribution in [0.1, 0.15) is 20.3 Å². The molecule has 1 aromatic rings. The second kappa shape index (κ2) is 4.98. The second-order valence-corrected chi connectivity index (χ2v) is 5.26. The van der Waals surface area contributed by atoms with E-state index in [2.05, 4.69) is 5.32 Å². The van der Waals surface area contributed by atoms with Gasteiger partial charge in [-0.15, -0.1) is 0 Å². The topological polar surface area (TPSA) is 56.1 Å². The van der Waals surface area contributed by atoms with Crippen molar-refractivity contribution in [3.8, 4) is 6.07 Å². The largest absolute Gasteiger partial charge is 0.304 e. The van der Waals surface area contributed by atoms with Gasteiger partial charge in [0.15, 0.2) is 0 Å². The van der Waals surface area contributed by atoms with E-state index in [4.69, 9.17) is 5.26 Å². The van der Waals surface area contributed by atoms with E-state index in [1.165, 1.54) is 12.1 Å². The Balaban J connectivity index is 2.38. The molecule has 1 heterocycles. The molecule has 1 fully saturated rings. The molecular formula is C14H16FN3O. The van der Waals surface area contributed by atoms with Gasteiger partial charge in [-0.05, 0) is 32.0 Å². The second-order valence-electron chi connectivity index (χ2n) is 5.26. The van der Waals surface area contributed by atoms with Gasteiger partial charge >= 0.3 is 0 Å². The molecule has 0 spiro atoms. The number of anilines is 1. The van der Waals surface area contributed by atoms with E-state index in [1.54, 1.807) is 17.0 Å². The Bertz CT molecular complexity index is 536. The molecule has 5 heteroatoms. The van der Waals surface area contributed by atoms with Gasteiger partial charge in [-0.3, -0.25) is 4.79 Å². The zero-order valence-corrected chi connectivity index (χ0v) is 11.0. The van der Waals surface area contributed by atoms with Gasteiger partial charge in [0.25, 0.3) is 0 Å². The predicted molar refractivity (Wildman–Crippen MR) is 70.0 cm³/mol. The van der Waals surface area contributed by atoms with Crippen LogP contribution in [0.2, 0.25) is 0 Å². The van der Waals surface area contributed by atoms with Crippen LogP contribution in [0.15, 0.2) is 24.3 Å².